The summed E-state index contributed by atoms with van der Waals surface area (Å²) in [6.07, 6.45) is 4.76. The van der Waals surface area contributed by atoms with Gasteiger partial charge in [0.25, 0.3) is 0 Å². The fraction of sp³-hybridized carbons (Fsp3) is 0.400. The van der Waals surface area contributed by atoms with Gasteiger partial charge in [0.15, 0.2) is 0 Å². The molecule has 0 fully saturated rings. The van der Waals surface area contributed by atoms with E-state index >= 15 is 0 Å². The Bertz CT molecular complexity index is 723. The molecule has 2 aromatic rings. The molecule has 6 nitrogen and oxygen atoms in total. The van der Waals surface area contributed by atoms with Crippen molar-refractivity contribution in [3.05, 3.63) is 40.9 Å². The number of carbonyl (C=O) groups is 2. The zero-order valence-corrected chi connectivity index (χ0v) is 17.0. The molecule has 0 spiro atoms. The monoisotopic (exact) mass is 439 g/mol. The van der Waals surface area contributed by atoms with Crippen LogP contribution in [0.2, 0.25) is 0 Å². The molecule has 2 aromatic carbocycles. The van der Waals surface area contributed by atoms with Crippen molar-refractivity contribution in [2.75, 3.05) is 19.7 Å². The SMILES string of the molecule is CCCCNCCCCOc1ccc2ccccc2c1Br.O=C(O)C(=O)O. The van der Waals surface area contributed by atoms with Gasteiger partial charge in [0.1, 0.15) is 5.75 Å². The lowest BCUT2D eigenvalue weighted by Gasteiger charge is -2.10. The third kappa shape index (κ3) is 8.88. The molecule has 0 aliphatic heterocycles. The topological polar surface area (TPSA) is 95.9 Å². The zero-order chi connectivity index (χ0) is 20.1. The molecular weight excluding hydrogens is 414 g/mol. The van der Waals surface area contributed by atoms with Gasteiger partial charge in [-0.05, 0) is 65.1 Å². The number of hydrogen-bond acceptors (Lipinski definition) is 4. The molecule has 0 amide bonds. The van der Waals surface area contributed by atoms with Crippen LogP contribution >= 0.6 is 15.9 Å². The van der Waals surface area contributed by atoms with Crippen LogP contribution in [0.25, 0.3) is 10.8 Å². The Labute approximate surface area is 167 Å². The highest BCUT2D eigenvalue weighted by Gasteiger charge is 2.05. The van der Waals surface area contributed by atoms with E-state index in [0.29, 0.717) is 0 Å². The van der Waals surface area contributed by atoms with Crippen molar-refractivity contribution in [2.24, 2.45) is 0 Å². The van der Waals surface area contributed by atoms with Crippen molar-refractivity contribution in [1.82, 2.24) is 5.32 Å². The molecule has 0 bridgehead atoms. The van der Waals surface area contributed by atoms with E-state index in [0.717, 1.165) is 42.8 Å². The van der Waals surface area contributed by atoms with Gasteiger partial charge in [-0.1, -0.05) is 43.7 Å². The van der Waals surface area contributed by atoms with Gasteiger partial charge in [-0.25, -0.2) is 9.59 Å². The maximum absolute atomic E-state index is 9.10. The molecule has 0 aromatic heterocycles. The highest BCUT2D eigenvalue weighted by atomic mass is 79.9. The van der Waals surface area contributed by atoms with Gasteiger partial charge in [0.05, 0.1) is 11.1 Å². The third-order valence-corrected chi connectivity index (χ3v) is 4.54. The average Bonchev–Trinajstić information content (AvgIpc) is 2.66. The van der Waals surface area contributed by atoms with Crippen LogP contribution in [-0.4, -0.2) is 41.8 Å². The number of fused-ring (bicyclic) bond motifs is 1. The van der Waals surface area contributed by atoms with Gasteiger partial charge in [-0.2, -0.15) is 0 Å². The van der Waals surface area contributed by atoms with Crippen molar-refractivity contribution in [1.29, 1.82) is 0 Å². The molecule has 7 heteroatoms. The van der Waals surface area contributed by atoms with Crippen LogP contribution in [0.4, 0.5) is 0 Å². The van der Waals surface area contributed by atoms with E-state index in [1.807, 2.05) is 6.07 Å². The maximum atomic E-state index is 9.10. The summed E-state index contributed by atoms with van der Waals surface area (Å²) in [5, 5.41) is 20.7. The fourth-order valence-corrected chi connectivity index (χ4v) is 2.89. The molecule has 0 atom stereocenters. The Kier molecular flexibility index (Phi) is 11.1. The molecule has 2 rings (SSSR count). The minimum Gasteiger partial charge on any atom is -0.492 e. The standard InChI is InChI=1S/C18H24BrNO.C2H2O4/c1-2-3-12-20-13-6-7-14-21-17-11-10-15-8-4-5-9-16(15)18(17)19;3-1(4)2(5)6/h4-5,8-11,20H,2-3,6-7,12-14H2,1H3;(H,3,4)(H,5,6). The Morgan fingerprint density at radius 3 is 2.33 bits per heavy atom. The fourth-order valence-electron chi connectivity index (χ4n) is 2.29. The molecule has 0 heterocycles. The van der Waals surface area contributed by atoms with Gasteiger partial charge < -0.3 is 20.3 Å². The number of ether oxygens (including phenoxy) is 1. The van der Waals surface area contributed by atoms with Crippen LogP contribution in [0.3, 0.4) is 0 Å². The lowest BCUT2D eigenvalue weighted by Crippen LogP contribution is -2.17. The van der Waals surface area contributed by atoms with E-state index in [-0.39, 0.29) is 0 Å². The predicted octanol–water partition coefficient (Wildman–Crippen LogP) is 4.31. The van der Waals surface area contributed by atoms with Crippen molar-refractivity contribution < 1.29 is 24.5 Å². The molecular formula is C20H26BrNO5. The minimum atomic E-state index is -1.82. The van der Waals surface area contributed by atoms with E-state index in [4.69, 9.17) is 24.5 Å². The van der Waals surface area contributed by atoms with Crippen molar-refractivity contribution >= 4 is 38.6 Å². The summed E-state index contributed by atoms with van der Waals surface area (Å²) < 4.78 is 6.96. The Balaban J connectivity index is 0.000000527. The number of unbranched alkanes of at least 4 members (excludes halogenated alkanes) is 2. The van der Waals surface area contributed by atoms with Crippen LogP contribution in [0.15, 0.2) is 40.9 Å². The van der Waals surface area contributed by atoms with Crippen molar-refractivity contribution in [2.45, 2.75) is 32.6 Å². The second kappa shape index (κ2) is 13.1. The van der Waals surface area contributed by atoms with Crippen LogP contribution in [0.1, 0.15) is 32.6 Å². The minimum absolute atomic E-state index is 0.770. The van der Waals surface area contributed by atoms with E-state index in [1.165, 1.54) is 23.6 Å². The van der Waals surface area contributed by atoms with Crippen LogP contribution in [0, 0.1) is 0 Å². The number of aliphatic carboxylic acids is 2. The van der Waals surface area contributed by atoms with Gasteiger partial charge in [0, 0.05) is 0 Å². The van der Waals surface area contributed by atoms with E-state index in [2.05, 4.69) is 58.5 Å². The first-order chi connectivity index (χ1) is 13.0. The summed E-state index contributed by atoms with van der Waals surface area (Å²) in [7, 11) is 0. The van der Waals surface area contributed by atoms with Crippen molar-refractivity contribution in [3.63, 3.8) is 0 Å². The largest absolute Gasteiger partial charge is 0.492 e. The first-order valence-corrected chi connectivity index (χ1v) is 9.73. The van der Waals surface area contributed by atoms with E-state index in [9.17, 15) is 0 Å². The number of benzene rings is 2. The second-order valence-corrected chi connectivity index (χ2v) is 6.66. The number of hydrogen-bond donors (Lipinski definition) is 3. The van der Waals surface area contributed by atoms with Gasteiger partial charge in [-0.3, -0.25) is 0 Å². The lowest BCUT2D eigenvalue weighted by molar-refractivity contribution is -0.159. The molecule has 0 saturated carbocycles. The molecule has 0 saturated heterocycles. The summed E-state index contributed by atoms with van der Waals surface area (Å²) in [5.41, 5.74) is 0. The van der Waals surface area contributed by atoms with E-state index < -0.39 is 11.9 Å². The summed E-state index contributed by atoms with van der Waals surface area (Å²) in [4.78, 5) is 18.2. The second-order valence-electron chi connectivity index (χ2n) is 5.87. The normalized spacial score (nSPS) is 10.1. The zero-order valence-electron chi connectivity index (χ0n) is 15.4. The summed E-state index contributed by atoms with van der Waals surface area (Å²) >= 11 is 3.66. The van der Waals surface area contributed by atoms with E-state index in [1.54, 1.807) is 0 Å². The van der Waals surface area contributed by atoms with Crippen LogP contribution in [-0.2, 0) is 9.59 Å². The Morgan fingerprint density at radius 2 is 1.67 bits per heavy atom. The number of nitrogens with one attached hydrogen (secondary N) is 1. The van der Waals surface area contributed by atoms with Gasteiger partial charge >= 0.3 is 11.9 Å². The third-order valence-electron chi connectivity index (χ3n) is 3.72. The molecule has 0 aliphatic carbocycles. The molecule has 148 valence electrons. The molecule has 27 heavy (non-hydrogen) atoms. The summed E-state index contributed by atoms with van der Waals surface area (Å²) in [6, 6.07) is 12.5. The van der Waals surface area contributed by atoms with Gasteiger partial charge in [0.2, 0.25) is 0 Å². The van der Waals surface area contributed by atoms with Gasteiger partial charge in [-0.15, -0.1) is 0 Å². The van der Waals surface area contributed by atoms with Crippen LogP contribution < -0.4 is 10.1 Å². The molecule has 0 unspecified atom stereocenters. The first-order valence-electron chi connectivity index (χ1n) is 8.94. The highest BCUT2D eigenvalue weighted by molar-refractivity contribution is 9.10. The van der Waals surface area contributed by atoms with Crippen LogP contribution in [0.5, 0.6) is 5.75 Å². The quantitative estimate of drug-likeness (QED) is 0.397. The lowest BCUT2D eigenvalue weighted by atomic mass is 10.1. The smallest absolute Gasteiger partial charge is 0.414 e. The average molecular weight is 440 g/mol. The number of carboxylic acids is 2. The van der Waals surface area contributed by atoms with Crippen molar-refractivity contribution in [3.8, 4) is 5.75 Å². The molecule has 0 aliphatic rings. The number of halogens is 1. The summed E-state index contributed by atoms with van der Waals surface area (Å²) in [6.45, 7) is 5.21. The predicted molar refractivity (Wildman–Crippen MR) is 109 cm³/mol. The molecule has 3 N–H and O–H groups in total. The first kappa shape index (κ1) is 22.9. The Morgan fingerprint density at radius 1 is 1.00 bits per heavy atom. The summed E-state index contributed by atoms with van der Waals surface area (Å²) in [5.74, 6) is -2.71. The number of carboxylic acid groups (broad SMARTS) is 2. The number of rotatable bonds is 9. The molecule has 0 radical (unpaired) electrons. The Hall–Kier alpha value is -2.12. The maximum Gasteiger partial charge on any atom is 0.414 e. The highest BCUT2D eigenvalue weighted by Crippen LogP contribution is 2.33.